The number of allylic oxidation sites excluding steroid dienone is 1. The highest BCUT2D eigenvalue weighted by molar-refractivity contribution is 6.24. The third-order valence-electron chi connectivity index (χ3n) is 4.39. The van der Waals surface area contributed by atoms with E-state index in [1.807, 2.05) is 0 Å². The van der Waals surface area contributed by atoms with E-state index < -0.39 is 17.9 Å². The number of hydrogen-bond donors (Lipinski definition) is 3. The summed E-state index contributed by atoms with van der Waals surface area (Å²) in [5, 5.41) is 6.78. The number of carbonyl (C=O) groups is 3. The van der Waals surface area contributed by atoms with Crippen molar-refractivity contribution in [2.75, 3.05) is 20.8 Å². The highest BCUT2D eigenvalue weighted by atomic mass is 16.5. The van der Waals surface area contributed by atoms with Gasteiger partial charge in [-0.2, -0.15) is 5.10 Å². The van der Waals surface area contributed by atoms with Crippen LogP contribution in [0.5, 0.6) is 5.88 Å². The van der Waals surface area contributed by atoms with Crippen LogP contribution >= 0.6 is 0 Å². The molecule has 0 saturated heterocycles. The number of amides is 1. The van der Waals surface area contributed by atoms with Crippen LogP contribution in [0.15, 0.2) is 28.2 Å². The fourth-order valence-corrected chi connectivity index (χ4v) is 3.04. The summed E-state index contributed by atoms with van der Waals surface area (Å²) in [6.45, 7) is 2.08. The highest BCUT2D eigenvalue weighted by Crippen LogP contribution is 2.29. The zero-order valence-corrected chi connectivity index (χ0v) is 16.6. The van der Waals surface area contributed by atoms with Gasteiger partial charge in [0.15, 0.2) is 5.88 Å². The summed E-state index contributed by atoms with van der Waals surface area (Å²) in [6.07, 6.45) is 5.94. The Kier molecular flexibility index (Phi) is 6.30. The first-order valence-corrected chi connectivity index (χ1v) is 9.07. The minimum Gasteiger partial charge on any atom is -0.479 e. The maximum absolute atomic E-state index is 12.5. The van der Waals surface area contributed by atoms with Crippen molar-refractivity contribution >= 4 is 35.8 Å². The molecule has 1 amide bonds. The van der Waals surface area contributed by atoms with Crippen LogP contribution in [0.1, 0.15) is 28.5 Å². The fraction of sp³-hybridized carbons (Fsp3) is 0.316. The number of hydrogen-bond acceptors (Lipinski definition) is 9. The van der Waals surface area contributed by atoms with Gasteiger partial charge in [-0.3, -0.25) is 14.6 Å². The lowest BCUT2D eigenvalue weighted by molar-refractivity contribution is -0.139. The average molecular weight is 415 g/mol. The summed E-state index contributed by atoms with van der Waals surface area (Å²) in [7, 11) is 2.49. The van der Waals surface area contributed by atoms with E-state index in [1.54, 1.807) is 19.2 Å². The summed E-state index contributed by atoms with van der Waals surface area (Å²) in [5.74, 6) is -1.96. The van der Waals surface area contributed by atoms with Crippen molar-refractivity contribution in [1.29, 1.82) is 0 Å². The molecule has 0 spiro atoms. The van der Waals surface area contributed by atoms with E-state index in [0.717, 1.165) is 0 Å². The lowest BCUT2D eigenvalue weighted by Crippen LogP contribution is -2.32. The first-order valence-electron chi connectivity index (χ1n) is 9.07. The summed E-state index contributed by atoms with van der Waals surface area (Å²) in [5.41, 5.74) is 4.00. The van der Waals surface area contributed by atoms with Crippen LogP contribution in [0.3, 0.4) is 0 Å². The Labute approximate surface area is 171 Å². The Morgan fingerprint density at radius 1 is 1.27 bits per heavy atom. The second-order valence-electron chi connectivity index (χ2n) is 6.16. The van der Waals surface area contributed by atoms with Gasteiger partial charge in [-0.25, -0.2) is 10.2 Å². The molecule has 0 bridgehead atoms. The minimum absolute atomic E-state index is 0.124. The van der Waals surface area contributed by atoms with Gasteiger partial charge in [-0.05, 0) is 13.0 Å². The van der Waals surface area contributed by atoms with E-state index in [0.29, 0.717) is 29.3 Å². The number of aromatic nitrogens is 1. The number of rotatable bonds is 7. The number of ether oxygens (including phenoxy) is 3. The molecule has 0 fully saturated rings. The molecule has 1 unspecified atom stereocenters. The largest absolute Gasteiger partial charge is 0.479 e. The van der Waals surface area contributed by atoms with Crippen molar-refractivity contribution in [1.82, 2.24) is 15.7 Å². The molecule has 0 aromatic carbocycles. The number of esters is 2. The van der Waals surface area contributed by atoms with Crippen LogP contribution in [-0.2, 0) is 25.5 Å². The molecule has 1 aromatic rings. The van der Waals surface area contributed by atoms with Gasteiger partial charge < -0.3 is 24.5 Å². The number of aromatic amines is 1. The Balaban J connectivity index is 2.10. The molecular formula is C19H21N5O6. The SMILES string of the molecule is CCOc1[nH]c(C=C2NC=CN=C2C2C=NNC2=O)c(C(=O)OC)c1CC(=O)OC. The second-order valence-corrected chi connectivity index (χ2v) is 6.16. The zero-order chi connectivity index (χ0) is 21.7. The molecule has 11 heteroatoms. The third kappa shape index (κ3) is 4.09. The predicted octanol–water partition coefficient (Wildman–Crippen LogP) is 0.504. The topological polar surface area (TPSA) is 143 Å². The summed E-state index contributed by atoms with van der Waals surface area (Å²) in [6, 6.07) is 0. The lowest BCUT2D eigenvalue weighted by Gasteiger charge is -2.16. The summed E-state index contributed by atoms with van der Waals surface area (Å²) >= 11 is 0. The number of nitrogens with zero attached hydrogens (tertiary/aromatic N) is 2. The number of nitrogens with one attached hydrogen (secondary N) is 3. The Morgan fingerprint density at radius 2 is 2.07 bits per heavy atom. The number of hydrazone groups is 1. The van der Waals surface area contributed by atoms with Gasteiger partial charge in [-0.1, -0.05) is 0 Å². The number of H-pyrrole nitrogens is 1. The maximum atomic E-state index is 12.5. The van der Waals surface area contributed by atoms with Crippen molar-refractivity contribution in [3.8, 4) is 5.88 Å². The van der Waals surface area contributed by atoms with Crippen LogP contribution < -0.4 is 15.5 Å². The van der Waals surface area contributed by atoms with Gasteiger partial charge >= 0.3 is 11.9 Å². The molecule has 158 valence electrons. The standard InChI is InChI=1S/C19H21N5O6/c1-4-30-18-10(7-14(25)28-2)15(19(27)29-3)12(23-18)8-13-16(21-6-5-20-13)11-9-22-24-17(11)26/h5-6,8-9,11,20,23H,4,7H2,1-3H3,(H,24,26). The van der Waals surface area contributed by atoms with Gasteiger partial charge in [0, 0.05) is 24.2 Å². The van der Waals surface area contributed by atoms with Crippen LogP contribution in [0.2, 0.25) is 0 Å². The molecule has 0 aliphatic carbocycles. The molecule has 2 aliphatic rings. The smallest absolute Gasteiger partial charge is 0.340 e. The molecule has 30 heavy (non-hydrogen) atoms. The van der Waals surface area contributed by atoms with Gasteiger partial charge in [0.2, 0.25) is 0 Å². The molecule has 3 heterocycles. The first kappa shape index (κ1) is 20.8. The Bertz CT molecular complexity index is 988. The van der Waals surface area contributed by atoms with Crippen molar-refractivity contribution in [2.24, 2.45) is 16.0 Å². The van der Waals surface area contributed by atoms with E-state index in [9.17, 15) is 14.4 Å². The lowest BCUT2D eigenvalue weighted by atomic mass is 9.99. The molecule has 3 rings (SSSR count). The van der Waals surface area contributed by atoms with E-state index in [4.69, 9.17) is 14.2 Å². The average Bonchev–Trinajstić information content (AvgIpc) is 3.31. The van der Waals surface area contributed by atoms with Crippen LogP contribution in [0.4, 0.5) is 0 Å². The van der Waals surface area contributed by atoms with Crippen molar-refractivity contribution in [3.05, 3.63) is 34.9 Å². The molecule has 1 atom stereocenters. The number of aliphatic imine (C=N–C) groups is 1. The van der Waals surface area contributed by atoms with E-state index in [-0.39, 0.29) is 23.8 Å². The normalized spacial score (nSPS) is 18.6. The molecule has 3 N–H and O–H groups in total. The van der Waals surface area contributed by atoms with E-state index >= 15 is 0 Å². The molecule has 1 aromatic heterocycles. The van der Waals surface area contributed by atoms with Crippen molar-refractivity contribution < 1.29 is 28.6 Å². The Hall–Kier alpha value is -3.89. The second kappa shape index (κ2) is 9.07. The highest BCUT2D eigenvalue weighted by Gasteiger charge is 2.31. The molecule has 11 nitrogen and oxygen atoms in total. The van der Waals surface area contributed by atoms with Gasteiger partial charge in [0.05, 0.1) is 49.9 Å². The van der Waals surface area contributed by atoms with Gasteiger partial charge in [0.25, 0.3) is 5.91 Å². The van der Waals surface area contributed by atoms with Crippen LogP contribution in [0.25, 0.3) is 6.08 Å². The minimum atomic E-state index is -0.689. The molecule has 0 radical (unpaired) electrons. The van der Waals surface area contributed by atoms with Crippen LogP contribution in [-0.4, -0.2) is 55.6 Å². The number of carbonyl (C=O) groups excluding carboxylic acids is 3. The van der Waals surface area contributed by atoms with Crippen molar-refractivity contribution in [2.45, 2.75) is 13.3 Å². The zero-order valence-electron chi connectivity index (χ0n) is 16.6. The summed E-state index contributed by atoms with van der Waals surface area (Å²) in [4.78, 5) is 43.8. The summed E-state index contributed by atoms with van der Waals surface area (Å²) < 4.78 is 15.2. The quantitative estimate of drug-likeness (QED) is 0.550. The van der Waals surface area contributed by atoms with E-state index in [2.05, 4.69) is 25.8 Å². The van der Waals surface area contributed by atoms with Gasteiger partial charge in [0.1, 0.15) is 5.92 Å². The first-order chi connectivity index (χ1) is 14.5. The van der Waals surface area contributed by atoms with Gasteiger partial charge in [-0.15, -0.1) is 0 Å². The molecule has 2 aliphatic heterocycles. The maximum Gasteiger partial charge on any atom is 0.340 e. The van der Waals surface area contributed by atoms with E-state index in [1.165, 1.54) is 26.6 Å². The number of methoxy groups -OCH3 is 2. The fourth-order valence-electron chi connectivity index (χ4n) is 3.04. The van der Waals surface area contributed by atoms with Crippen molar-refractivity contribution in [3.63, 3.8) is 0 Å². The molecular weight excluding hydrogens is 394 g/mol. The van der Waals surface area contributed by atoms with Crippen LogP contribution in [0, 0.1) is 5.92 Å². The monoisotopic (exact) mass is 415 g/mol. The molecule has 0 saturated carbocycles. The third-order valence-corrected chi connectivity index (χ3v) is 4.39. The Morgan fingerprint density at radius 3 is 2.70 bits per heavy atom. The predicted molar refractivity (Wildman–Crippen MR) is 107 cm³/mol.